The van der Waals surface area contributed by atoms with Gasteiger partial charge in [0.15, 0.2) is 0 Å². The zero-order chi connectivity index (χ0) is 16.7. The summed E-state index contributed by atoms with van der Waals surface area (Å²) in [6.07, 6.45) is 7.70. The number of piperidine rings is 1. The summed E-state index contributed by atoms with van der Waals surface area (Å²) in [6, 6.07) is 2.34. The standard InChI is InChI=1S/C19H26N2O2S/c1-2-9-21-15-8-7-14(18(21)22)11-20(12-15)19(23)17-10-13-5-3-4-6-16(13)24-17/h10,14-15H,2-9,11-12H2,1H3/t14-,15+/m0/s1. The Kier molecular flexibility index (Phi) is 4.37. The second-order valence-electron chi connectivity index (χ2n) is 7.44. The maximum absolute atomic E-state index is 13.1. The first kappa shape index (κ1) is 16.1. The molecule has 24 heavy (non-hydrogen) atoms. The van der Waals surface area contributed by atoms with Crippen LogP contribution < -0.4 is 0 Å². The van der Waals surface area contributed by atoms with Crippen LogP contribution in [0.2, 0.25) is 0 Å². The summed E-state index contributed by atoms with van der Waals surface area (Å²) in [5, 5.41) is 0. The Morgan fingerprint density at radius 2 is 2.08 bits per heavy atom. The molecular weight excluding hydrogens is 320 g/mol. The molecule has 0 saturated carbocycles. The molecule has 0 radical (unpaired) electrons. The lowest BCUT2D eigenvalue weighted by Crippen LogP contribution is -2.48. The van der Waals surface area contributed by atoms with Gasteiger partial charge in [-0.2, -0.15) is 0 Å². The topological polar surface area (TPSA) is 40.6 Å². The predicted molar refractivity (Wildman–Crippen MR) is 95.4 cm³/mol. The van der Waals surface area contributed by atoms with E-state index in [1.54, 1.807) is 11.3 Å². The van der Waals surface area contributed by atoms with E-state index in [1.807, 2.05) is 9.80 Å². The fourth-order valence-corrected chi connectivity index (χ4v) is 5.71. The minimum Gasteiger partial charge on any atom is -0.338 e. The van der Waals surface area contributed by atoms with Gasteiger partial charge in [-0.15, -0.1) is 11.3 Å². The van der Waals surface area contributed by atoms with Crippen molar-refractivity contribution in [2.24, 2.45) is 5.92 Å². The first-order valence-electron chi connectivity index (χ1n) is 9.38. The number of hydrogen-bond acceptors (Lipinski definition) is 3. The Morgan fingerprint density at radius 1 is 1.25 bits per heavy atom. The minimum absolute atomic E-state index is 0.00818. The molecule has 0 aromatic carbocycles. The van der Waals surface area contributed by atoms with Crippen LogP contribution in [0.25, 0.3) is 0 Å². The molecule has 2 atom stereocenters. The van der Waals surface area contributed by atoms with Crippen LogP contribution in [-0.4, -0.2) is 47.3 Å². The quantitative estimate of drug-likeness (QED) is 0.844. The highest BCUT2D eigenvalue weighted by molar-refractivity contribution is 7.14. The van der Waals surface area contributed by atoms with Crippen LogP contribution in [0.5, 0.6) is 0 Å². The summed E-state index contributed by atoms with van der Waals surface area (Å²) in [4.78, 5) is 32.0. The van der Waals surface area contributed by atoms with Gasteiger partial charge < -0.3 is 9.80 Å². The van der Waals surface area contributed by atoms with Crippen LogP contribution in [0.4, 0.5) is 0 Å². The van der Waals surface area contributed by atoms with Gasteiger partial charge in [-0.3, -0.25) is 9.59 Å². The van der Waals surface area contributed by atoms with Crippen LogP contribution >= 0.6 is 11.3 Å². The van der Waals surface area contributed by atoms with Gasteiger partial charge in [0, 0.05) is 30.6 Å². The van der Waals surface area contributed by atoms with Crippen molar-refractivity contribution in [3.63, 3.8) is 0 Å². The summed E-state index contributed by atoms with van der Waals surface area (Å²) in [5.41, 5.74) is 1.39. The lowest BCUT2D eigenvalue weighted by molar-refractivity contribution is -0.139. The molecule has 3 aliphatic heterocycles. The third-order valence-electron chi connectivity index (χ3n) is 5.75. The molecule has 3 saturated heterocycles. The number of aryl methyl sites for hydroxylation is 2. The molecule has 3 fully saturated rings. The normalized spacial score (nSPS) is 26.5. The van der Waals surface area contributed by atoms with E-state index in [9.17, 15) is 9.59 Å². The summed E-state index contributed by atoms with van der Waals surface area (Å²) in [5.74, 6) is 0.431. The molecule has 0 unspecified atom stereocenters. The molecule has 0 spiro atoms. The number of hydrogen-bond donors (Lipinski definition) is 0. The third kappa shape index (κ3) is 2.77. The van der Waals surface area contributed by atoms with Crippen molar-refractivity contribution in [2.75, 3.05) is 19.6 Å². The number of nitrogens with zero attached hydrogens (tertiary/aromatic N) is 2. The van der Waals surface area contributed by atoms with Crippen LogP contribution in [0.3, 0.4) is 0 Å². The molecular formula is C19H26N2O2S. The number of carbonyl (C=O) groups excluding carboxylic acids is 2. The second kappa shape index (κ2) is 6.51. The molecule has 2 amide bonds. The van der Waals surface area contributed by atoms with Gasteiger partial charge in [-0.25, -0.2) is 0 Å². The highest BCUT2D eigenvalue weighted by atomic mass is 32.1. The van der Waals surface area contributed by atoms with Gasteiger partial charge >= 0.3 is 0 Å². The molecule has 0 N–H and O–H groups in total. The smallest absolute Gasteiger partial charge is 0.264 e. The molecule has 1 aliphatic carbocycles. The summed E-state index contributed by atoms with van der Waals surface area (Å²) >= 11 is 1.69. The highest BCUT2D eigenvalue weighted by Gasteiger charge is 2.41. The largest absolute Gasteiger partial charge is 0.338 e. The maximum Gasteiger partial charge on any atom is 0.264 e. The van der Waals surface area contributed by atoms with Crippen molar-refractivity contribution in [3.8, 4) is 0 Å². The number of carbonyl (C=O) groups is 2. The van der Waals surface area contributed by atoms with E-state index in [0.29, 0.717) is 13.1 Å². The third-order valence-corrected chi connectivity index (χ3v) is 6.98. The van der Waals surface area contributed by atoms with E-state index in [0.717, 1.165) is 43.5 Å². The average molecular weight is 346 g/mol. The molecule has 5 heteroatoms. The maximum atomic E-state index is 13.1. The number of amides is 2. The molecule has 5 rings (SSSR count). The van der Waals surface area contributed by atoms with Gasteiger partial charge in [-0.05, 0) is 56.6 Å². The molecule has 130 valence electrons. The monoisotopic (exact) mass is 346 g/mol. The van der Waals surface area contributed by atoms with Crippen molar-refractivity contribution in [3.05, 3.63) is 21.4 Å². The summed E-state index contributed by atoms with van der Waals surface area (Å²) in [6.45, 7) is 4.26. The van der Waals surface area contributed by atoms with Crippen molar-refractivity contribution >= 4 is 23.2 Å². The number of fused-ring (bicyclic) bond motifs is 5. The van der Waals surface area contributed by atoms with E-state index < -0.39 is 0 Å². The molecule has 1 aromatic heterocycles. The van der Waals surface area contributed by atoms with Crippen LogP contribution in [-0.2, 0) is 17.6 Å². The summed E-state index contributed by atoms with van der Waals surface area (Å²) < 4.78 is 0. The van der Waals surface area contributed by atoms with Gasteiger partial charge in [0.25, 0.3) is 5.91 Å². The van der Waals surface area contributed by atoms with E-state index in [1.165, 1.54) is 23.3 Å². The first-order chi connectivity index (χ1) is 11.7. The SMILES string of the molecule is CCCN1C(=O)[C@H]2CC[C@@H]1CN(C(=O)c1cc3c(s1)CCCC3)C2. The second-order valence-corrected chi connectivity index (χ2v) is 8.57. The van der Waals surface area contributed by atoms with Crippen molar-refractivity contribution in [1.82, 2.24) is 9.80 Å². The lowest BCUT2D eigenvalue weighted by Gasteiger charge is -2.35. The van der Waals surface area contributed by atoms with Crippen LogP contribution in [0.1, 0.15) is 59.1 Å². The Hall–Kier alpha value is -1.36. The number of thiophene rings is 1. The Bertz CT molecular complexity index is 630. The van der Waals surface area contributed by atoms with Crippen molar-refractivity contribution in [2.45, 2.75) is 57.9 Å². The van der Waals surface area contributed by atoms with Gasteiger partial charge in [0.05, 0.1) is 10.8 Å². The molecule has 1 aromatic rings. The lowest BCUT2D eigenvalue weighted by atomic mass is 9.94. The van der Waals surface area contributed by atoms with Crippen LogP contribution in [0, 0.1) is 5.92 Å². The Balaban J connectivity index is 1.55. The predicted octanol–water partition coefficient (Wildman–Crippen LogP) is 3.10. The van der Waals surface area contributed by atoms with Gasteiger partial charge in [0.2, 0.25) is 5.91 Å². The summed E-state index contributed by atoms with van der Waals surface area (Å²) in [7, 11) is 0. The molecule has 4 heterocycles. The Labute approximate surface area is 147 Å². The molecule has 2 bridgehead atoms. The zero-order valence-corrected chi connectivity index (χ0v) is 15.2. The van der Waals surface area contributed by atoms with E-state index in [-0.39, 0.29) is 23.8 Å². The minimum atomic E-state index is 0.00818. The highest BCUT2D eigenvalue weighted by Crippen LogP contribution is 2.33. The Morgan fingerprint density at radius 3 is 2.88 bits per heavy atom. The zero-order valence-electron chi connectivity index (χ0n) is 14.4. The fraction of sp³-hybridized carbons (Fsp3) is 0.684. The average Bonchev–Trinajstić information content (AvgIpc) is 2.84. The van der Waals surface area contributed by atoms with E-state index in [2.05, 4.69) is 13.0 Å². The van der Waals surface area contributed by atoms with Crippen molar-refractivity contribution < 1.29 is 9.59 Å². The van der Waals surface area contributed by atoms with Gasteiger partial charge in [0.1, 0.15) is 0 Å². The van der Waals surface area contributed by atoms with E-state index >= 15 is 0 Å². The van der Waals surface area contributed by atoms with E-state index in [4.69, 9.17) is 0 Å². The number of rotatable bonds is 3. The first-order valence-corrected chi connectivity index (χ1v) is 10.2. The fourth-order valence-electron chi connectivity index (χ4n) is 4.49. The van der Waals surface area contributed by atoms with Crippen molar-refractivity contribution in [1.29, 1.82) is 0 Å². The molecule has 4 nitrogen and oxygen atoms in total. The van der Waals surface area contributed by atoms with Gasteiger partial charge in [-0.1, -0.05) is 6.92 Å². The van der Waals surface area contributed by atoms with Crippen LogP contribution in [0.15, 0.2) is 6.07 Å². The molecule has 4 aliphatic rings.